The van der Waals surface area contributed by atoms with Gasteiger partial charge in [-0.3, -0.25) is 10.0 Å². The van der Waals surface area contributed by atoms with Gasteiger partial charge in [-0.1, -0.05) is 30.3 Å². The zero-order valence-electron chi connectivity index (χ0n) is 18.8. The zero-order valence-corrected chi connectivity index (χ0v) is 19.6. The summed E-state index contributed by atoms with van der Waals surface area (Å²) in [5.74, 6) is -2.55. The number of carboxylic acid groups (broad SMARTS) is 1. The number of hydrogen-bond donors (Lipinski definition) is 4. The summed E-state index contributed by atoms with van der Waals surface area (Å²) in [5, 5.41) is 17.7. The maximum absolute atomic E-state index is 12.8. The lowest BCUT2D eigenvalue weighted by atomic mass is 10.1. The molecule has 37 heavy (non-hydrogen) atoms. The number of benzene rings is 2. The van der Waals surface area contributed by atoms with Crippen LogP contribution < -0.4 is 15.1 Å². The van der Waals surface area contributed by atoms with E-state index < -0.39 is 28.1 Å². The van der Waals surface area contributed by atoms with Crippen molar-refractivity contribution in [3.8, 4) is 0 Å². The van der Waals surface area contributed by atoms with Gasteiger partial charge in [0.2, 0.25) is 16.0 Å². The van der Waals surface area contributed by atoms with Gasteiger partial charge in [0.15, 0.2) is 0 Å². The van der Waals surface area contributed by atoms with E-state index in [4.69, 9.17) is 15.1 Å². The van der Waals surface area contributed by atoms with Crippen molar-refractivity contribution in [2.24, 2.45) is 11.8 Å². The molecule has 15 heteroatoms. The Hall–Kier alpha value is -3.82. The number of aromatic nitrogens is 2. The van der Waals surface area contributed by atoms with Crippen LogP contribution in [0.5, 0.6) is 0 Å². The molecule has 2 unspecified atom stereocenters. The highest BCUT2D eigenvalue weighted by molar-refractivity contribution is 7.89. The third-order valence-electron chi connectivity index (χ3n) is 6.04. The molecule has 1 saturated heterocycles. The Balaban J connectivity index is 0.000000405. The fourth-order valence-corrected chi connectivity index (χ4v) is 5.49. The average Bonchev–Trinajstić information content (AvgIpc) is 3.28. The molecule has 2 atom stereocenters. The van der Waals surface area contributed by atoms with Crippen LogP contribution in [0.1, 0.15) is 10.4 Å². The molecule has 0 bridgehead atoms. The number of rotatable bonds is 5. The first kappa shape index (κ1) is 26.2. The summed E-state index contributed by atoms with van der Waals surface area (Å²) in [4.78, 5) is 30.8. The fraction of sp³-hybridized carbons (Fsp3) is 0.273. The summed E-state index contributed by atoms with van der Waals surface area (Å²) in [7, 11) is -3.60. The fourth-order valence-electron chi connectivity index (χ4n) is 4.11. The van der Waals surface area contributed by atoms with Gasteiger partial charge in [0.05, 0.1) is 10.5 Å². The summed E-state index contributed by atoms with van der Waals surface area (Å²) in [6.45, 7) is 1.28. The van der Waals surface area contributed by atoms with Crippen molar-refractivity contribution in [1.29, 1.82) is 0 Å². The van der Waals surface area contributed by atoms with Crippen LogP contribution in [0, 0.1) is 11.8 Å². The molecular weight excluding hydrogens is 519 g/mol. The molecule has 2 heterocycles. The van der Waals surface area contributed by atoms with Crippen molar-refractivity contribution in [2.75, 3.05) is 18.0 Å². The summed E-state index contributed by atoms with van der Waals surface area (Å²) in [6.07, 6.45) is -2.39. The number of carbonyl (C=O) groups is 2. The van der Waals surface area contributed by atoms with E-state index in [0.717, 1.165) is 10.8 Å². The number of halogens is 3. The number of aliphatic carboxylic acids is 1. The standard InChI is InChI=1S/C20H19N5O4S.C2HF3O2/c26-19(23-27)14-8-21-20(22-9-14)25-10-16-17(11-25)18(16)24-30(28,29)15-6-5-12-3-1-2-4-13(12)7-15;3-2(4,5)1(6)7/h1-9,16-18,24,27H,10-11H2,(H,23,26);(H,6,7). The minimum absolute atomic E-state index is 0.0999. The second-order valence-electron chi connectivity index (χ2n) is 8.40. The molecule has 1 aliphatic heterocycles. The third-order valence-corrected chi connectivity index (χ3v) is 7.50. The number of carboxylic acids is 1. The highest BCUT2D eigenvalue weighted by atomic mass is 32.2. The molecule has 1 aromatic heterocycles. The van der Waals surface area contributed by atoms with Gasteiger partial charge in [-0.2, -0.15) is 13.2 Å². The van der Waals surface area contributed by atoms with Gasteiger partial charge in [-0.25, -0.2) is 33.4 Å². The first-order chi connectivity index (χ1) is 17.4. The molecule has 0 spiro atoms. The molecular formula is C22H20F3N5O6S. The second kappa shape index (κ2) is 9.91. The van der Waals surface area contributed by atoms with Gasteiger partial charge in [-0.05, 0) is 34.7 Å². The van der Waals surface area contributed by atoms with E-state index >= 15 is 0 Å². The van der Waals surface area contributed by atoms with E-state index in [1.54, 1.807) is 12.1 Å². The van der Waals surface area contributed by atoms with Crippen LogP contribution in [0.15, 0.2) is 59.8 Å². The van der Waals surface area contributed by atoms with Crippen molar-refractivity contribution in [1.82, 2.24) is 20.2 Å². The second-order valence-corrected chi connectivity index (χ2v) is 10.1. The van der Waals surface area contributed by atoms with Crippen LogP contribution in [0.2, 0.25) is 0 Å². The number of hydroxylamine groups is 1. The monoisotopic (exact) mass is 539 g/mol. The van der Waals surface area contributed by atoms with E-state index in [0.29, 0.717) is 19.0 Å². The summed E-state index contributed by atoms with van der Waals surface area (Å²) < 4.78 is 60.2. The maximum Gasteiger partial charge on any atom is 0.490 e. The van der Waals surface area contributed by atoms with Gasteiger partial charge in [0.1, 0.15) is 0 Å². The minimum atomic E-state index is -5.08. The van der Waals surface area contributed by atoms with Crippen molar-refractivity contribution >= 4 is 38.6 Å². The molecule has 0 radical (unpaired) electrons. The summed E-state index contributed by atoms with van der Waals surface area (Å²) in [6, 6.07) is 12.7. The number of anilines is 1. The van der Waals surface area contributed by atoms with Crippen LogP contribution in [-0.4, -0.2) is 65.9 Å². The highest BCUT2D eigenvalue weighted by Gasteiger charge is 2.57. The average molecular weight is 539 g/mol. The lowest BCUT2D eigenvalue weighted by Crippen LogP contribution is -2.35. The molecule has 3 aromatic rings. The predicted octanol–water partition coefficient (Wildman–Crippen LogP) is 1.80. The van der Waals surface area contributed by atoms with E-state index in [2.05, 4.69) is 14.7 Å². The van der Waals surface area contributed by atoms with Gasteiger partial charge in [-0.15, -0.1) is 0 Å². The number of hydrogen-bond acceptors (Lipinski definition) is 8. The quantitative estimate of drug-likeness (QED) is 0.280. The predicted molar refractivity (Wildman–Crippen MR) is 122 cm³/mol. The highest BCUT2D eigenvalue weighted by Crippen LogP contribution is 2.46. The first-order valence-electron chi connectivity index (χ1n) is 10.7. The van der Waals surface area contributed by atoms with Crippen LogP contribution in [0.3, 0.4) is 0 Å². The number of nitrogens with zero attached hydrogens (tertiary/aromatic N) is 3. The Labute approximate surface area is 208 Å². The number of nitrogens with one attached hydrogen (secondary N) is 2. The van der Waals surface area contributed by atoms with Crippen LogP contribution in [0.4, 0.5) is 19.1 Å². The SMILES string of the molecule is O=C(NO)c1cnc(N2CC3C(C2)C3NS(=O)(=O)c2ccc3ccccc3c2)nc1.O=C(O)C(F)(F)F. The Morgan fingerprint density at radius 2 is 1.57 bits per heavy atom. The van der Waals surface area contributed by atoms with Gasteiger partial charge >= 0.3 is 12.1 Å². The molecule has 11 nitrogen and oxygen atoms in total. The molecule has 1 saturated carbocycles. The Morgan fingerprint density at radius 1 is 1.00 bits per heavy atom. The van der Waals surface area contributed by atoms with Crippen molar-refractivity contribution in [3.63, 3.8) is 0 Å². The maximum atomic E-state index is 12.8. The smallest absolute Gasteiger partial charge is 0.475 e. The molecule has 1 amide bonds. The van der Waals surface area contributed by atoms with Crippen molar-refractivity contribution in [2.45, 2.75) is 17.1 Å². The van der Waals surface area contributed by atoms with Gasteiger partial charge in [0.25, 0.3) is 5.91 Å². The molecule has 2 aliphatic rings. The molecule has 1 aliphatic carbocycles. The first-order valence-corrected chi connectivity index (χ1v) is 12.2. The Kier molecular flexibility index (Phi) is 7.03. The third kappa shape index (κ3) is 5.79. The number of sulfonamides is 1. The van der Waals surface area contributed by atoms with Gasteiger partial charge < -0.3 is 10.0 Å². The van der Waals surface area contributed by atoms with Crippen LogP contribution >= 0.6 is 0 Å². The van der Waals surface area contributed by atoms with Crippen LogP contribution in [0.25, 0.3) is 10.8 Å². The number of fused-ring (bicyclic) bond motifs is 2. The lowest BCUT2D eigenvalue weighted by Gasteiger charge is -2.20. The van der Waals surface area contributed by atoms with Gasteiger partial charge in [0, 0.05) is 31.5 Å². The van der Waals surface area contributed by atoms with E-state index in [1.165, 1.54) is 17.9 Å². The van der Waals surface area contributed by atoms with Crippen molar-refractivity contribution < 1.29 is 41.5 Å². The molecule has 2 fully saturated rings. The lowest BCUT2D eigenvalue weighted by molar-refractivity contribution is -0.192. The van der Waals surface area contributed by atoms with E-state index in [9.17, 15) is 26.4 Å². The number of piperidine rings is 1. The topological polar surface area (TPSA) is 162 Å². The Bertz CT molecular complexity index is 1420. The number of amides is 1. The largest absolute Gasteiger partial charge is 0.490 e. The zero-order chi connectivity index (χ0) is 27.0. The molecule has 4 N–H and O–H groups in total. The number of carbonyl (C=O) groups excluding carboxylic acids is 1. The summed E-state index contributed by atoms with van der Waals surface area (Å²) in [5.41, 5.74) is 1.70. The molecule has 2 aromatic carbocycles. The van der Waals surface area contributed by atoms with Crippen LogP contribution in [-0.2, 0) is 14.8 Å². The minimum Gasteiger partial charge on any atom is -0.475 e. The normalized spacial score (nSPS) is 20.5. The number of alkyl halides is 3. The van der Waals surface area contributed by atoms with Crippen molar-refractivity contribution in [3.05, 3.63) is 60.4 Å². The molecule has 196 valence electrons. The molecule has 5 rings (SSSR count). The van der Waals surface area contributed by atoms with E-state index in [-0.39, 0.29) is 28.3 Å². The Morgan fingerprint density at radius 3 is 2.11 bits per heavy atom. The van der Waals surface area contributed by atoms with E-state index in [1.807, 2.05) is 35.2 Å². The summed E-state index contributed by atoms with van der Waals surface area (Å²) >= 11 is 0.